The fourth-order valence-corrected chi connectivity index (χ4v) is 2.57. The second-order valence-corrected chi connectivity index (χ2v) is 5.93. The Morgan fingerprint density at radius 1 is 1.04 bits per heavy atom. The number of alkyl halides is 3. The molecule has 28 heavy (non-hydrogen) atoms. The largest absolute Gasteiger partial charge is 0.573 e. The van der Waals surface area contributed by atoms with Crippen molar-refractivity contribution in [2.75, 3.05) is 0 Å². The number of carbonyl (C=O) groups excluding carboxylic acids is 1. The van der Waals surface area contributed by atoms with Crippen molar-refractivity contribution < 1.29 is 27.8 Å². The van der Waals surface area contributed by atoms with Crippen molar-refractivity contribution in [3.63, 3.8) is 0 Å². The predicted molar refractivity (Wildman–Crippen MR) is 98.4 cm³/mol. The van der Waals surface area contributed by atoms with Crippen LogP contribution >= 0.6 is 0 Å². The summed E-state index contributed by atoms with van der Waals surface area (Å²) in [5.74, 6) is -1.15. The number of hydrogen-bond acceptors (Lipinski definition) is 4. The monoisotopic (exact) mass is 388 g/mol. The number of fused-ring (bicyclic) bond motifs is 1. The number of phenols is 1. The maximum atomic E-state index is 12.3. The van der Waals surface area contributed by atoms with Gasteiger partial charge in [0.25, 0.3) is 5.91 Å². The molecule has 0 aliphatic heterocycles. The van der Waals surface area contributed by atoms with Crippen LogP contribution in [0.4, 0.5) is 13.2 Å². The second-order valence-electron chi connectivity index (χ2n) is 5.93. The van der Waals surface area contributed by atoms with Gasteiger partial charge in [-0.3, -0.25) is 4.79 Å². The number of hydrazone groups is 1. The second kappa shape index (κ2) is 7.59. The van der Waals surface area contributed by atoms with E-state index in [0.29, 0.717) is 11.3 Å². The summed E-state index contributed by atoms with van der Waals surface area (Å²) in [6.45, 7) is 1.58. The minimum absolute atomic E-state index is 0.0594. The van der Waals surface area contributed by atoms with E-state index in [1.54, 1.807) is 13.0 Å². The molecule has 0 saturated carbocycles. The predicted octanol–water partition coefficient (Wildman–Crippen LogP) is 4.60. The first-order valence-electron chi connectivity index (χ1n) is 8.15. The third-order valence-corrected chi connectivity index (χ3v) is 3.94. The summed E-state index contributed by atoms with van der Waals surface area (Å²) in [5, 5.41) is 15.6. The zero-order valence-electron chi connectivity index (χ0n) is 14.6. The number of nitrogens with one attached hydrogen (secondary N) is 1. The van der Waals surface area contributed by atoms with Gasteiger partial charge in [-0.05, 0) is 59.7 Å². The number of aromatic hydroxyl groups is 1. The Labute approximate surface area is 158 Å². The number of carbonyl (C=O) groups is 1. The quantitative estimate of drug-likeness (QED) is 0.507. The van der Waals surface area contributed by atoms with Crippen molar-refractivity contribution in [1.82, 2.24) is 5.43 Å². The van der Waals surface area contributed by atoms with Crippen LogP contribution in [-0.2, 0) is 0 Å². The highest BCUT2D eigenvalue weighted by Crippen LogP contribution is 2.25. The third kappa shape index (κ3) is 4.59. The number of nitrogens with zero attached hydrogens (tertiary/aromatic N) is 1. The van der Waals surface area contributed by atoms with E-state index in [4.69, 9.17) is 0 Å². The van der Waals surface area contributed by atoms with Crippen molar-refractivity contribution in [3.05, 3.63) is 71.8 Å². The zero-order chi connectivity index (χ0) is 20.3. The van der Waals surface area contributed by atoms with Gasteiger partial charge in [-0.2, -0.15) is 5.10 Å². The molecule has 0 aliphatic carbocycles. The number of rotatable bonds is 4. The molecule has 144 valence electrons. The highest BCUT2D eigenvalue weighted by molar-refractivity contribution is 6.03. The normalized spacial score (nSPS) is 12.1. The first kappa shape index (κ1) is 19.2. The first-order chi connectivity index (χ1) is 13.2. The van der Waals surface area contributed by atoms with E-state index in [9.17, 15) is 23.1 Å². The molecule has 0 bridgehead atoms. The van der Waals surface area contributed by atoms with Gasteiger partial charge in [0.2, 0.25) is 0 Å². The Balaban J connectivity index is 1.74. The van der Waals surface area contributed by atoms with E-state index in [1.807, 2.05) is 24.3 Å². The molecule has 0 unspecified atom stereocenters. The van der Waals surface area contributed by atoms with Crippen LogP contribution in [0.2, 0.25) is 0 Å². The fraction of sp³-hybridized carbons (Fsp3) is 0.100. The lowest BCUT2D eigenvalue weighted by Gasteiger charge is -2.09. The molecule has 1 amide bonds. The number of phenolic OH excluding ortho intramolecular Hbond substituents is 1. The van der Waals surface area contributed by atoms with Gasteiger partial charge in [0.05, 0.1) is 11.3 Å². The lowest BCUT2D eigenvalue weighted by molar-refractivity contribution is -0.274. The number of hydrogen-bond donors (Lipinski definition) is 2. The topological polar surface area (TPSA) is 70.9 Å². The maximum Gasteiger partial charge on any atom is 0.573 e. The molecule has 0 aromatic heterocycles. The summed E-state index contributed by atoms with van der Waals surface area (Å²) in [6.07, 6.45) is -4.76. The van der Waals surface area contributed by atoms with Crippen LogP contribution < -0.4 is 10.2 Å². The first-order valence-corrected chi connectivity index (χ1v) is 8.15. The number of ether oxygens (including phenoxy) is 1. The summed E-state index contributed by atoms with van der Waals surface area (Å²) in [4.78, 5) is 12.3. The molecule has 8 heteroatoms. The van der Waals surface area contributed by atoms with Crippen LogP contribution in [0.5, 0.6) is 11.5 Å². The van der Waals surface area contributed by atoms with Crippen LogP contribution in [0.1, 0.15) is 22.8 Å². The van der Waals surface area contributed by atoms with E-state index in [0.717, 1.165) is 22.9 Å². The molecule has 2 N–H and O–H groups in total. The molecule has 5 nitrogen and oxygen atoms in total. The molecule has 0 atom stereocenters. The molecular weight excluding hydrogens is 373 g/mol. The molecule has 3 aromatic carbocycles. The molecule has 3 aromatic rings. The fourth-order valence-electron chi connectivity index (χ4n) is 2.57. The average molecular weight is 388 g/mol. The third-order valence-electron chi connectivity index (χ3n) is 3.94. The summed E-state index contributed by atoms with van der Waals surface area (Å²) in [7, 11) is 0. The van der Waals surface area contributed by atoms with Gasteiger partial charge in [-0.1, -0.05) is 24.3 Å². The highest BCUT2D eigenvalue weighted by Gasteiger charge is 2.30. The smallest absolute Gasteiger partial charge is 0.507 e. The van der Waals surface area contributed by atoms with Gasteiger partial charge in [0.15, 0.2) is 0 Å². The number of halogens is 3. The molecule has 0 spiro atoms. The number of amides is 1. The maximum absolute atomic E-state index is 12.3. The molecule has 0 radical (unpaired) electrons. The van der Waals surface area contributed by atoms with E-state index in [1.165, 1.54) is 18.2 Å². The summed E-state index contributed by atoms with van der Waals surface area (Å²) < 4.78 is 40.4. The summed E-state index contributed by atoms with van der Waals surface area (Å²) >= 11 is 0. The van der Waals surface area contributed by atoms with Crippen molar-refractivity contribution in [1.29, 1.82) is 0 Å². The van der Waals surface area contributed by atoms with Gasteiger partial charge in [0, 0.05) is 0 Å². The van der Waals surface area contributed by atoms with Crippen molar-refractivity contribution >= 4 is 22.4 Å². The van der Waals surface area contributed by atoms with E-state index in [-0.39, 0.29) is 17.1 Å². The lowest BCUT2D eigenvalue weighted by atomic mass is 10.1. The van der Waals surface area contributed by atoms with Crippen LogP contribution in [0.15, 0.2) is 65.8 Å². The van der Waals surface area contributed by atoms with Gasteiger partial charge >= 0.3 is 6.36 Å². The zero-order valence-corrected chi connectivity index (χ0v) is 14.6. The van der Waals surface area contributed by atoms with Gasteiger partial charge in [-0.25, -0.2) is 5.43 Å². The molecule has 0 aliphatic rings. The van der Waals surface area contributed by atoms with E-state index >= 15 is 0 Å². The van der Waals surface area contributed by atoms with Crippen molar-refractivity contribution in [2.24, 2.45) is 5.10 Å². The Morgan fingerprint density at radius 2 is 1.64 bits per heavy atom. The van der Waals surface area contributed by atoms with Crippen LogP contribution in [0.3, 0.4) is 0 Å². The summed E-state index contributed by atoms with van der Waals surface area (Å²) in [5.41, 5.74) is 3.26. The Kier molecular flexibility index (Phi) is 5.21. The van der Waals surface area contributed by atoms with Crippen molar-refractivity contribution in [3.8, 4) is 11.5 Å². The number of benzene rings is 3. The Bertz CT molecular complexity index is 1040. The Hall–Kier alpha value is -3.55. The molecule has 0 fully saturated rings. The van der Waals surface area contributed by atoms with Gasteiger partial charge < -0.3 is 9.84 Å². The minimum atomic E-state index is -4.76. The standard InChI is InChI=1S/C20H15F3N2O3/c1-12(13-6-8-16(9-7-13)28-20(21,22)23)24-25-19(27)17-10-14-4-2-3-5-15(14)11-18(17)26/h2-11,26H,1H3,(H,25,27)/b24-12+. The van der Waals surface area contributed by atoms with E-state index in [2.05, 4.69) is 15.3 Å². The molecular formula is C20H15F3N2O3. The highest BCUT2D eigenvalue weighted by atomic mass is 19.4. The minimum Gasteiger partial charge on any atom is -0.507 e. The molecule has 0 heterocycles. The van der Waals surface area contributed by atoms with E-state index < -0.39 is 12.3 Å². The lowest BCUT2D eigenvalue weighted by Crippen LogP contribution is -2.19. The molecule has 0 saturated heterocycles. The Morgan fingerprint density at radius 3 is 2.25 bits per heavy atom. The van der Waals surface area contributed by atoms with Crippen LogP contribution in [-0.4, -0.2) is 23.1 Å². The SMILES string of the molecule is C/C(=N\NC(=O)c1cc2ccccc2cc1O)c1ccc(OC(F)(F)F)cc1. The van der Waals surface area contributed by atoms with Crippen molar-refractivity contribution in [2.45, 2.75) is 13.3 Å². The van der Waals surface area contributed by atoms with Gasteiger partial charge in [-0.15, -0.1) is 13.2 Å². The van der Waals surface area contributed by atoms with Gasteiger partial charge in [0.1, 0.15) is 11.5 Å². The summed E-state index contributed by atoms with van der Waals surface area (Å²) in [6, 6.07) is 15.4. The van der Waals surface area contributed by atoms with Crippen LogP contribution in [0, 0.1) is 0 Å². The van der Waals surface area contributed by atoms with Crippen LogP contribution in [0.25, 0.3) is 10.8 Å². The molecule has 3 rings (SSSR count). The average Bonchev–Trinajstić information content (AvgIpc) is 2.64.